The molecule has 0 saturated carbocycles. The molecule has 4 heteroatoms. The lowest BCUT2D eigenvalue weighted by molar-refractivity contribution is 0.0845. The van der Waals surface area contributed by atoms with Crippen LogP contribution in [0.3, 0.4) is 0 Å². The van der Waals surface area contributed by atoms with Crippen LogP contribution in [0, 0.1) is 11.3 Å². The molecular weight excluding hydrogens is 214 g/mol. The molecule has 3 heterocycles. The van der Waals surface area contributed by atoms with Gasteiger partial charge in [0.15, 0.2) is 0 Å². The van der Waals surface area contributed by atoms with E-state index >= 15 is 0 Å². The molecular formula is C13H17N3O. The monoisotopic (exact) mass is 231 g/mol. The van der Waals surface area contributed by atoms with Gasteiger partial charge in [-0.05, 0) is 25.7 Å². The van der Waals surface area contributed by atoms with E-state index in [1.807, 2.05) is 0 Å². The zero-order valence-electron chi connectivity index (χ0n) is 9.98. The number of rotatable bonds is 1. The summed E-state index contributed by atoms with van der Waals surface area (Å²) in [6.07, 6.45) is 5.41. The van der Waals surface area contributed by atoms with Crippen LogP contribution in [-0.4, -0.2) is 22.8 Å². The zero-order valence-corrected chi connectivity index (χ0v) is 9.98. The maximum atomic E-state index is 9.35. The maximum absolute atomic E-state index is 9.35. The summed E-state index contributed by atoms with van der Waals surface area (Å²) in [6.45, 7) is 2.57. The van der Waals surface area contributed by atoms with Crippen LogP contribution in [0.25, 0.3) is 0 Å². The molecule has 0 N–H and O–H groups in total. The van der Waals surface area contributed by atoms with Gasteiger partial charge >= 0.3 is 0 Å². The van der Waals surface area contributed by atoms with Gasteiger partial charge in [-0.3, -0.25) is 0 Å². The third-order valence-electron chi connectivity index (χ3n) is 3.82. The van der Waals surface area contributed by atoms with Gasteiger partial charge in [-0.25, -0.2) is 4.98 Å². The molecule has 90 valence electrons. The number of nitrogens with zero attached hydrogens (tertiary/aromatic N) is 3. The van der Waals surface area contributed by atoms with Crippen molar-refractivity contribution in [2.24, 2.45) is 0 Å². The van der Waals surface area contributed by atoms with Crippen molar-refractivity contribution in [3.05, 3.63) is 17.2 Å². The number of aromatic nitrogens is 2. The van der Waals surface area contributed by atoms with Crippen molar-refractivity contribution in [1.29, 1.82) is 5.26 Å². The Hall–Kier alpha value is -1.34. The average Bonchev–Trinajstić information content (AvgIpc) is 2.78. The molecule has 0 atom stereocenters. The maximum Gasteiger partial charge on any atom is 0.143 e. The van der Waals surface area contributed by atoms with Gasteiger partial charge in [0.2, 0.25) is 0 Å². The Morgan fingerprint density at radius 2 is 2.12 bits per heavy atom. The first-order chi connectivity index (χ1) is 8.40. The highest BCUT2D eigenvalue weighted by Gasteiger charge is 2.26. The molecule has 2 aliphatic heterocycles. The third kappa shape index (κ3) is 1.85. The van der Waals surface area contributed by atoms with E-state index in [9.17, 15) is 5.26 Å². The quantitative estimate of drug-likeness (QED) is 0.742. The molecule has 3 rings (SSSR count). The highest BCUT2D eigenvalue weighted by Crippen LogP contribution is 2.30. The summed E-state index contributed by atoms with van der Waals surface area (Å²) in [4.78, 5) is 4.73. The second kappa shape index (κ2) is 4.50. The molecule has 1 aromatic heterocycles. The van der Waals surface area contributed by atoms with Crippen molar-refractivity contribution in [3.63, 3.8) is 0 Å². The molecule has 0 aromatic carbocycles. The summed E-state index contributed by atoms with van der Waals surface area (Å²) in [7, 11) is 0. The first-order valence-electron chi connectivity index (χ1n) is 6.47. The third-order valence-corrected chi connectivity index (χ3v) is 3.82. The van der Waals surface area contributed by atoms with Gasteiger partial charge in [-0.2, -0.15) is 5.26 Å². The number of aryl methyl sites for hydroxylation is 1. The van der Waals surface area contributed by atoms with Gasteiger partial charge in [0, 0.05) is 32.1 Å². The lowest BCUT2D eigenvalue weighted by Crippen LogP contribution is -2.15. The van der Waals surface area contributed by atoms with Crippen LogP contribution in [0.15, 0.2) is 0 Å². The Balaban J connectivity index is 1.98. The first-order valence-corrected chi connectivity index (χ1v) is 6.47. The van der Waals surface area contributed by atoms with E-state index < -0.39 is 0 Å². The van der Waals surface area contributed by atoms with E-state index in [0.717, 1.165) is 56.2 Å². The highest BCUT2D eigenvalue weighted by molar-refractivity contribution is 5.33. The van der Waals surface area contributed by atoms with Crippen molar-refractivity contribution < 1.29 is 4.74 Å². The largest absolute Gasteiger partial charge is 0.381 e. The molecule has 0 spiro atoms. The second-order valence-electron chi connectivity index (χ2n) is 4.87. The van der Waals surface area contributed by atoms with Crippen LogP contribution in [0.5, 0.6) is 0 Å². The molecule has 0 bridgehead atoms. The molecule has 0 unspecified atom stereocenters. The van der Waals surface area contributed by atoms with Gasteiger partial charge < -0.3 is 9.30 Å². The van der Waals surface area contributed by atoms with Crippen LogP contribution >= 0.6 is 0 Å². The number of nitriles is 1. The summed E-state index contributed by atoms with van der Waals surface area (Å²) in [5.41, 5.74) is 1.85. The predicted molar refractivity (Wildman–Crippen MR) is 62.7 cm³/mol. The van der Waals surface area contributed by atoms with Crippen molar-refractivity contribution in [3.8, 4) is 6.07 Å². The fourth-order valence-corrected chi connectivity index (χ4v) is 2.88. The molecule has 17 heavy (non-hydrogen) atoms. The number of hydrogen-bond donors (Lipinski definition) is 0. The zero-order chi connectivity index (χ0) is 11.7. The second-order valence-corrected chi connectivity index (χ2v) is 4.87. The van der Waals surface area contributed by atoms with Crippen LogP contribution in [0.4, 0.5) is 0 Å². The number of fused-ring (bicyclic) bond motifs is 1. The molecule has 1 saturated heterocycles. The normalized spacial score (nSPS) is 20.9. The van der Waals surface area contributed by atoms with E-state index in [4.69, 9.17) is 9.72 Å². The number of imidazole rings is 1. The Morgan fingerprint density at radius 3 is 2.88 bits per heavy atom. The average molecular weight is 231 g/mol. The van der Waals surface area contributed by atoms with Crippen molar-refractivity contribution in [2.75, 3.05) is 13.2 Å². The van der Waals surface area contributed by atoms with Gasteiger partial charge in [0.25, 0.3) is 0 Å². The molecule has 2 aliphatic rings. The predicted octanol–water partition coefficient (Wildman–Crippen LogP) is 1.99. The smallest absolute Gasteiger partial charge is 0.143 e. The first kappa shape index (κ1) is 10.8. The standard InChI is InChI=1S/C13H17N3O/c14-9-11-13(10-4-7-17-8-5-10)15-12-3-1-2-6-16(11)12/h10H,1-8H2. The van der Waals surface area contributed by atoms with Crippen molar-refractivity contribution >= 4 is 0 Å². The van der Waals surface area contributed by atoms with E-state index in [2.05, 4.69) is 10.6 Å². The Labute approximate surface area is 101 Å². The topological polar surface area (TPSA) is 50.8 Å². The molecule has 1 fully saturated rings. The molecule has 4 nitrogen and oxygen atoms in total. The highest BCUT2D eigenvalue weighted by atomic mass is 16.5. The Bertz CT molecular complexity index is 452. The number of ether oxygens (including phenoxy) is 1. The van der Waals surface area contributed by atoms with Gasteiger partial charge in [-0.15, -0.1) is 0 Å². The Morgan fingerprint density at radius 1 is 1.29 bits per heavy atom. The fraction of sp³-hybridized carbons (Fsp3) is 0.692. The lowest BCUT2D eigenvalue weighted by atomic mass is 9.95. The van der Waals surface area contributed by atoms with Gasteiger partial charge in [0.1, 0.15) is 17.6 Å². The summed E-state index contributed by atoms with van der Waals surface area (Å²) in [6, 6.07) is 2.36. The number of hydrogen-bond acceptors (Lipinski definition) is 3. The minimum Gasteiger partial charge on any atom is -0.381 e. The summed E-state index contributed by atoms with van der Waals surface area (Å²) in [5.74, 6) is 1.55. The minimum atomic E-state index is 0.427. The Kier molecular flexibility index (Phi) is 2.86. The van der Waals surface area contributed by atoms with E-state index in [-0.39, 0.29) is 0 Å². The lowest BCUT2D eigenvalue weighted by Gasteiger charge is -2.20. The van der Waals surface area contributed by atoms with Gasteiger partial charge in [0.05, 0.1) is 5.69 Å². The van der Waals surface area contributed by atoms with Crippen LogP contribution in [-0.2, 0) is 17.7 Å². The van der Waals surface area contributed by atoms with E-state index in [1.54, 1.807) is 0 Å². The van der Waals surface area contributed by atoms with E-state index in [1.165, 1.54) is 12.8 Å². The summed E-state index contributed by atoms with van der Waals surface area (Å²) >= 11 is 0. The van der Waals surface area contributed by atoms with Crippen LogP contribution in [0.2, 0.25) is 0 Å². The van der Waals surface area contributed by atoms with Crippen molar-refractivity contribution in [1.82, 2.24) is 9.55 Å². The molecule has 0 radical (unpaired) electrons. The molecule has 0 aliphatic carbocycles. The van der Waals surface area contributed by atoms with Gasteiger partial charge in [-0.1, -0.05) is 0 Å². The summed E-state index contributed by atoms with van der Waals surface area (Å²) in [5, 5.41) is 9.35. The van der Waals surface area contributed by atoms with E-state index in [0.29, 0.717) is 5.92 Å². The SMILES string of the molecule is N#Cc1c(C2CCOCC2)nc2n1CCCC2. The van der Waals surface area contributed by atoms with Crippen LogP contribution in [0.1, 0.15) is 48.8 Å². The fourth-order valence-electron chi connectivity index (χ4n) is 2.88. The molecule has 1 aromatic rings. The van der Waals surface area contributed by atoms with Crippen LogP contribution < -0.4 is 0 Å². The molecule has 0 amide bonds. The minimum absolute atomic E-state index is 0.427. The van der Waals surface area contributed by atoms with Crippen molar-refractivity contribution in [2.45, 2.75) is 44.6 Å². The summed E-state index contributed by atoms with van der Waals surface area (Å²) < 4.78 is 7.51.